The van der Waals surface area contributed by atoms with E-state index in [4.69, 9.17) is 4.74 Å². The second kappa shape index (κ2) is 10.2. The van der Waals surface area contributed by atoms with E-state index < -0.39 is 0 Å². The maximum Gasteiger partial charge on any atom is 0.246 e. The molecule has 1 aliphatic heterocycles. The molecule has 0 spiro atoms. The summed E-state index contributed by atoms with van der Waals surface area (Å²) in [6.45, 7) is 2.81. The number of aromatic amines is 1. The van der Waals surface area contributed by atoms with E-state index in [1.807, 2.05) is 61.6 Å². The zero-order valence-electron chi connectivity index (χ0n) is 20.1. The molecule has 9 heteroatoms. The van der Waals surface area contributed by atoms with Crippen LogP contribution in [0, 0.1) is 6.92 Å². The summed E-state index contributed by atoms with van der Waals surface area (Å²) < 4.78 is 10.0. The molecule has 35 heavy (non-hydrogen) atoms. The van der Waals surface area contributed by atoms with Crippen molar-refractivity contribution in [1.29, 1.82) is 0 Å². The standard InChI is InChI=1S/C16H20N4O.C10H10N2O2/c1-19-10-14(21)20(11-5-3-2-4-6-11)15-12-7-8-17-16(12)18-9-13(15)19;1-8-2-4-9(5-3-8)13-6-10-11-7-14-12-10/h7-9,11H,2-6,10H2,1H3,(H,17,18);2-5,7H,6H2,1H3. The highest BCUT2D eigenvalue weighted by atomic mass is 16.5. The molecule has 0 bridgehead atoms. The average molecular weight is 475 g/mol. The summed E-state index contributed by atoms with van der Waals surface area (Å²) in [5, 5.41) is 4.69. The van der Waals surface area contributed by atoms with Gasteiger partial charge in [-0.3, -0.25) is 4.79 Å². The number of pyridine rings is 1. The molecule has 0 unspecified atom stereocenters. The van der Waals surface area contributed by atoms with Gasteiger partial charge >= 0.3 is 0 Å². The van der Waals surface area contributed by atoms with Gasteiger partial charge in [0.15, 0.2) is 6.61 Å². The first-order valence-electron chi connectivity index (χ1n) is 12.0. The number of rotatable bonds is 4. The number of aromatic nitrogens is 4. The fourth-order valence-corrected chi connectivity index (χ4v) is 4.77. The Morgan fingerprint density at radius 1 is 1.11 bits per heavy atom. The molecule has 1 saturated carbocycles. The molecule has 4 heterocycles. The highest BCUT2D eigenvalue weighted by Gasteiger charge is 2.35. The number of nitrogens with zero attached hydrogens (tertiary/aromatic N) is 5. The zero-order chi connectivity index (χ0) is 24.2. The molecule has 1 amide bonds. The first kappa shape index (κ1) is 22.9. The summed E-state index contributed by atoms with van der Waals surface area (Å²) in [5.41, 5.74) is 4.17. The van der Waals surface area contributed by atoms with Gasteiger partial charge in [0.2, 0.25) is 18.1 Å². The summed E-state index contributed by atoms with van der Waals surface area (Å²) in [7, 11) is 1.97. The summed E-state index contributed by atoms with van der Waals surface area (Å²) in [5.74, 6) is 1.57. The lowest BCUT2D eigenvalue weighted by Crippen LogP contribution is -2.50. The first-order valence-corrected chi connectivity index (χ1v) is 12.0. The summed E-state index contributed by atoms with van der Waals surface area (Å²) in [4.78, 5) is 28.2. The van der Waals surface area contributed by atoms with Crippen LogP contribution < -0.4 is 14.5 Å². The van der Waals surface area contributed by atoms with Crippen LogP contribution in [-0.2, 0) is 11.4 Å². The Hall–Kier alpha value is -3.88. The molecule has 9 nitrogen and oxygen atoms in total. The molecular formula is C26H30N6O3. The SMILES string of the molecule is CN1CC(=O)N(C2CCCCC2)c2c1cnc1[nH]ccc21.Cc1ccc(OCc2ncon2)cc1. The van der Waals surface area contributed by atoms with Crippen LogP contribution in [0.5, 0.6) is 5.75 Å². The van der Waals surface area contributed by atoms with E-state index in [2.05, 4.69) is 29.5 Å². The lowest BCUT2D eigenvalue weighted by Gasteiger charge is -2.41. The minimum atomic E-state index is 0.214. The number of carbonyl (C=O) groups excluding carboxylic acids is 1. The van der Waals surface area contributed by atoms with Crippen molar-refractivity contribution in [2.24, 2.45) is 0 Å². The molecule has 2 aliphatic rings. The predicted molar refractivity (Wildman–Crippen MR) is 134 cm³/mol. The molecule has 0 saturated heterocycles. The molecule has 0 radical (unpaired) electrons. The third-order valence-corrected chi connectivity index (χ3v) is 6.57. The number of hydrogen-bond acceptors (Lipinski definition) is 7. The molecule has 1 aromatic carbocycles. The Balaban J connectivity index is 0.000000158. The quantitative estimate of drug-likeness (QED) is 0.460. The number of hydrogen-bond donors (Lipinski definition) is 1. The third-order valence-electron chi connectivity index (χ3n) is 6.57. The van der Waals surface area contributed by atoms with E-state index in [-0.39, 0.29) is 5.91 Å². The molecule has 0 atom stereocenters. The van der Waals surface area contributed by atoms with Gasteiger partial charge in [0.1, 0.15) is 11.4 Å². The second-order valence-corrected chi connectivity index (χ2v) is 9.09. The molecule has 6 rings (SSSR count). The number of aryl methyl sites for hydroxylation is 1. The monoisotopic (exact) mass is 474 g/mol. The maximum absolute atomic E-state index is 12.7. The molecule has 1 N–H and O–H groups in total. The number of fused-ring (bicyclic) bond motifs is 3. The Morgan fingerprint density at radius 2 is 1.91 bits per heavy atom. The van der Waals surface area contributed by atoms with Crippen molar-refractivity contribution in [3.05, 3.63) is 60.5 Å². The number of H-pyrrole nitrogens is 1. The van der Waals surface area contributed by atoms with Gasteiger partial charge in [-0.2, -0.15) is 4.98 Å². The van der Waals surface area contributed by atoms with Crippen molar-refractivity contribution >= 4 is 28.3 Å². The number of likely N-dealkylation sites (N-methyl/N-ethyl adjacent to an activating group) is 1. The number of benzene rings is 1. The Bertz CT molecular complexity index is 1260. The van der Waals surface area contributed by atoms with Crippen molar-refractivity contribution in [2.75, 3.05) is 23.4 Å². The maximum atomic E-state index is 12.7. The van der Waals surface area contributed by atoms with E-state index in [0.717, 1.165) is 41.0 Å². The largest absolute Gasteiger partial charge is 0.485 e. The lowest BCUT2D eigenvalue weighted by molar-refractivity contribution is -0.118. The average Bonchev–Trinajstić information content (AvgIpc) is 3.57. The van der Waals surface area contributed by atoms with Crippen molar-refractivity contribution < 1.29 is 14.1 Å². The van der Waals surface area contributed by atoms with Crippen LogP contribution in [0.3, 0.4) is 0 Å². The summed E-state index contributed by atoms with van der Waals surface area (Å²) in [6.07, 6.45) is 11.0. The predicted octanol–water partition coefficient (Wildman–Crippen LogP) is 4.64. The third kappa shape index (κ3) is 4.99. The second-order valence-electron chi connectivity index (χ2n) is 9.09. The fourth-order valence-electron chi connectivity index (χ4n) is 4.77. The molecular weight excluding hydrogens is 444 g/mol. The molecule has 3 aromatic heterocycles. The van der Waals surface area contributed by atoms with E-state index in [0.29, 0.717) is 25.0 Å². The number of ether oxygens (including phenoxy) is 1. The van der Waals surface area contributed by atoms with Crippen LogP contribution in [0.4, 0.5) is 11.4 Å². The summed E-state index contributed by atoms with van der Waals surface area (Å²) in [6, 6.07) is 10.2. The molecule has 1 fully saturated rings. The van der Waals surface area contributed by atoms with Crippen molar-refractivity contribution in [3.8, 4) is 5.75 Å². The van der Waals surface area contributed by atoms with Crippen LogP contribution in [0.1, 0.15) is 43.5 Å². The Morgan fingerprint density at radius 3 is 2.66 bits per heavy atom. The van der Waals surface area contributed by atoms with Crippen molar-refractivity contribution in [3.63, 3.8) is 0 Å². The van der Waals surface area contributed by atoms with Crippen LogP contribution in [0.15, 0.2) is 53.6 Å². The highest BCUT2D eigenvalue weighted by molar-refractivity contribution is 6.11. The Labute approximate surface area is 204 Å². The number of anilines is 2. The Kier molecular flexibility index (Phi) is 6.65. The number of carbonyl (C=O) groups is 1. The van der Waals surface area contributed by atoms with Gasteiger partial charge in [0.05, 0.1) is 24.1 Å². The van der Waals surface area contributed by atoms with E-state index in [9.17, 15) is 4.79 Å². The zero-order valence-corrected chi connectivity index (χ0v) is 20.1. The van der Waals surface area contributed by atoms with E-state index in [1.165, 1.54) is 31.2 Å². The van der Waals surface area contributed by atoms with Gasteiger partial charge in [-0.15, -0.1) is 0 Å². The highest BCUT2D eigenvalue weighted by Crippen LogP contribution is 2.41. The molecule has 1 aliphatic carbocycles. The van der Waals surface area contributed by atoms with Crippen LogP contribution in [0.25, 0.3) is 11.0 Å². The summed E-state index contributed by atoms with van der Waals surface area (Å²) >= 11 is 0. The molecule has 4 aromatic rings. The van der Waals surface area contributed by atoms with Gasteiger partial charge in [0.25, 0.3) is 0 Å². The van der Waals surface area contributed by atoms with Gasteiger partial charge < -0.3 is 24.0 Å². The molecule has 182 valence electrons. The van der Waals surface area contributed by atoms with Gasteiger partial charge in [-0.1, -0.05) is 42.1 Å². The van der Waals surface area contributed by atoms with Crippen molar-refractivity contribution in [2.45, 2.75) is 51.7 Å². The van der Waals surface area contributed by atoms with Gasteiger partial charge in [0, 0.05) is 24.7 Å². The number of nitrogens with one attached hydrogen (secondary N) is 1. The topological polar surface area (TPSA) is 100 Å². The smallest absolute Gasteiger partial charge is 0.246 e. The van der Waals surface area contributed by atoms with Gasteiger partial charge in [-0.05, 0) is 38.0 Å². The van der Waals surface area contributed by atoms with Crippen LogP contribution in [0.2, 0.25) is 0 Å². The van der Waals surface area contributed by atoms with Crippen molar-refractivity contribution in [1.82, 2.24) is 20.1 Å². The van der Waals surface area contributed by atoms with E-state index >= 15 is 0 Å². The van der Waals surface area contributed by atoms with Crippen LogP contribution >= 0.6 is 0 Å². The first-order chi connectivity index (χ1) is 17.1. The van der Waals surface area contributed by atoms with E-state index in [1.54, 1.807) is 0 Å². The minimum Gasteiger partial charge on any atom is -0.485 e. The normalized spacial score (nSPS) is 16.1. The minimum absolute atomic E-state index is 0.214. The lowest BCUT2D eigenvalue weighted by atomic mass is 9.92. The fraction of sp³-hybridized carbons (Fsp3) is 0.385. The van der Waals surface area contributed by atoms with Gasteiger partial charge in [-0.25, -0.2) is 4.98 Å². The number of amides is 1. The van der Waals surface area contributed by atoms with Crippen LogP contribution in [-0.4, -0.2) is 45.7 Å².